The number of rotatable bonds is 13. The van der Waals surface area contributed by atoms with Crippen molar-refractivity contribution in [2.75, 3.05) is 13.2 Å². The fraction of sp³-hybridized carbons (Fsp3) is 0.469. The lowest BCUT2D eigenvalue weighted by Gasteiger charge is -2.33. The molecular weight excluding hydrogens is 777 g/mol. The molecule has 4 fully saturated rings. The van der Waals surface area contributed by atoms with E-state index in [2.05, 4.69) is 17.5 Å². The second-order valence-corrected chi connectivity index (χ2v) is 17.8. The Morgan fingerprint density at radius 3 is 2.36 bits per heavy atom. The van der Waals surface area contributed by atoms with Crippen LogP contribution in [0.3, 0.4) is 0 Å². The third-order valence-corrected chi connectivity index (χ3v) is 12.1. The molecule has 3 aromatic rings. The minimum Gasteiger partial charge on any atom is -0.460 e. The van der Waals surface area contributed by atoms with Crippen LogP contribution in [0.2, 0.25) is 0 Å². The fourth-order valence-corrected chi connectivity index (χ4v) is 9.07. The number of allylic oxidation sites excluding steroid dienone is 1. The van der Waals surface area contributed by atoms with Crippen molar-refractivity contribution in [1.82, 2.24) is 10.2 Å². The highest BCUT2D eigenvalue weighted by Crippen LogP contribution is 2.47. The van der Waals surface area contributed by atoms with Crippen LogP contribution in [0.1, 0.15) is 99.2 Å². The van der Waals surface area contributed by atoms with Gasteiger partial charge in [-0.15, -0.1) is 0 Å². The van der Waals surface area contributed by atoms with Gasteiger partial charge in [0.1, 0.15) is 30.0 Å². The average Bonchev–Trinajstić information content (AvgIpc) is 3.65. The maximum Gasteiger partial charge on any atom is 0.338 e. The maximum atomic E-state index is 14.6. The summed E-state index contributed by atoms with van der Waals surface area (Å²) in [6, 6.07) is 24.9. The van der Waals surface area contributed by atoms with Crippen molar-refractivity contribution in [3.8, 4) is 0 Å². The number of amides is 2. The summed E-state index contributed by atoms with van der Waals surface area (Å²) in [5.41, 5.74) is 2.42. The monoisotopic (exact) mass is 832 g/mol. The Kier molecular flexibility index (Phi) is 12.6. The first-order chi connectivity index (χ1) is 29.4. The lowest BCUT2D eigenvalue weighted by molar-refractivity contribution is -0.157. The van der Waals surface area contributed by atoms with E-state index in [9.17, 15) is 24.3 Å². The van der Waals surface area contributed by atoms with E-state index in [0.29, 0.717) is 48.6 Å². The molecule has 1 saturated carbocycles. The van der Waals surface area contributed by atoms with Crippen molar-refractivity contribution in [2.24, 2.45) is 5.92 Å². The van der Waals surface area contributed by atoms with Gasteiger partial charge in [0.15, 0.2) is 0 Å². The molecule has 0 aromatic heterocycles. The Bertz CT molecular complexity index is 2090. The van der Waals surface area contributed by atoms with Gasteiger partial charge >= 0.3 is 11.9 Å². The predicted molar refractivity (Wildman–Crippen MR) is 226 cm³/mol. The van der Waals surface area contributed by atoms with Crippen molar-refractivity contribution in [2.45, 2.75) is 126 Å². The number of aliphatic hydroxyl groups excluding tert-OH is 1. The summed E-state index contributed by atoms with van der Waals surface area (Å²) in [4.78, 5) is 56.3. The predicted octanol–water partition coefficient (Wildman–Crippen LogP) is 6.40. The number of epoxide rings is 1. The van der Waals surface area contributed by atoms with Crippen molar-refractivity contribution in [1.29, 1.82) is 0 Å². The second kappa shape index (κ2) is 18.1. The van der Waals surface area contributed by atoms with Crippen LogP contribution in [0.15, 0.2) is 103 Å². The average molecular weight is 833 g/mol. The van der Waals surface area contributed by atoms with Gasteiger partial charge in [0.05, 0.1) is 30.4 Å². The van der Waals surface area contributed by atoms with Crippen LogP contribution in [-0.4, -0.2) is 95.1 Å². The lowest BCUT2D eigenvalue weighted by Crippen LogP contribution is -2.51. The molecule has 2 amide bonds. The van der Waals surface area contributed by atoms with E-state index >= 15 is 0 Å². The summed E-state index contributed by atoms with van der Waals surface area (Å²) in [7, 11) is 0. The number of hydrogen-bond donors (Lipinski definition) is 2. The van der Waals surface area contributed by atoms with Crippen molar-refractivity contribution >= 4 is 29.8 Å². The van der Waals surface area contributed by atoms with E-state index in [0.717, 1.165) is 36.0 Å². The fourth-order valence-electron chi connectivity index (χ4n) is 9.07. The minimum absolute atomic E-state index is 0.0131. The second-order valence-electron chi connectivity index (χ2n) is 17.8. The number of nitrogens with one attached hydrogen (secondary N) is 1. The summed E-state index contributed by atoms with van der Waals surface area (Å²) in [5.74, 6) is -2.71. The van der Waals surface area contributed by atoms with Crippen LogP contribution in [0.5, 0.6) is 0 Å². The van der Waals surface area contributed by atoms with Gasteiger partial charge in [0.2, 0.25) is 17.6 Å². The number of fused-ring (bicyclic) bond motifs is 2. The molecule has 5 aliphatic rings. The zero-order chi connectivity index (χ0) is 42.7. The Balaban J connectivity index is 1.03. The number of aliphatic hydroxyl groups is 1. The highest BCUT2D eigenvalue weighted by Gasteiger charge is 2.55. The third kappa shape index (κ3) is 9.83. The van der Waals surface area contributed by atoms with E-state index < -0.39 is 59.6 Å². The first-order valence-electron chi connectivity index (χ1n) is 21.7. The molecule has 0 spiro atoms. The van der Waals surface area contributed by atoms with Crippen LogP contribution in [0, 0.1) is 5.92 Å². The molecule has 61 heavy (non-hydrogen) atoms. The quantitative estimate of drug-likeness (QED) is 0.146. The van der Waals surface area contributed by atoms with Crippen molar-refractivity contribution in [3.05, 3.63) is 125 Å². The van der Waals surface area contributed by atoms with E-state index in [1.54, 1.807) is 32.9 Å². The van der Waals surface area contributed by atoms with Crippen LogP contribution >= 0.6 is 0 Å². The molecular formula is C49H56N2O10. The van der Waals surface area contributed by atoms with E-state index in [4.69, 9.17) is 23.7 Å². The smallest absolute Gasteiger partial charge is 0.338 e. The summed E-state index contributed by atoms with van der Waals surface area (Å²) < 4.78 is 31.3. The van der Waals surface area contributed by atoms with Crippen LogP contribution < -0.4 is 5.32 Å². The molecule has 12 heteroatoms. The first kappa shape index (κ1) is 42.5. The van der Waals surface area contributed by atoms with Gasteiger partial charge in [-0.3, -0.25) is 14.4 Å². The van der Waals surface area contributed by atoms with Crippen LogP contribution in [0.4, 0.5) is 0 Å². The molecule has 8 rings (SSSR count). The van der Waals surface area contributed by atoms with Crippen molar-refractivity contribution in [3.63, 3.8) is 0 Å². The molecule has 0 radical (unpaired) electrons. The maximum absolute atomic E-state index is 14.6. The molecule has 3 aromatic carbocycles. The van der Waals surface area contributed by atoms with Crippen LogP contribution in [-0.2, 0) is 43.9 Å². The summed E-state index contributed by atoms with van der Waals surface area (Å²) in [6.07, 6.45) is 8.69. The third-order valence-electron chi connectivity index (χ3n) is 12.1. The van der Waals surface area contributed by atoms with Crippen molar-refractivity contribution < 1.29 is 48.0 Å². The highest BCUT2D eigenvalue weighted by molar-refractivity contribution is 5.98. The van der Waals surface area contributed by atoms with Gasteiger partial charge in [0, 0.05) is 36.1 Å². The van der Waals surface area contributed by atoms with Crippen LogP contribution in [0.25, 0.3) is 6.08 Å². The van der Waals surface area contributed by atoms with Gasteiger partial charge < -0.3 is 39.0 Å². The SMILES string of the molecule is CC(C)(C)OC(=O)CC[C@@H](CO)NC(=O)[C@H]1CCCN1C(=O)C1=C[C@H]2OC(c3ccccc3)(c3ccccc3)O[C@H]2[C@H](OC(=O)c2cccc(C=CC3CCC4OC4C3)c2)C1. The molecule has 2 aliphatic carbocycles. The Hall–Kier alpha value is -5.14. The summed E-state index contributed by atoms with van der Waals surface area (Å²) in [6.45, 7) is 5.28. The number of likely N-dealkylation sites (tertiary alicyclic amines) is 1. The number of carbonyl (C=O) groups excluding carboxylic acids is 4. The molecule has 322 valence electrons. The van der Waals surface area contributed by atoms with Gasteiger partial charge in [0.25, 0.3) is 0 Å². The van der Waals surface area contributed by atoms with Gasteiger partial charge in [-0.1, -0.05) is 84.9 Å². The first-order valence-corrected chi connectivity index (χ1v) is 21.7. The lowest BCUT2D eigenvalue weighted by atomic mass is 9.88. The molecule has 3 unspecified atom stereocenters. The summed E-state index contributed by atoms with van der Waals surface area (Å²) >= 11 is 0. The van der Waals surface area contributed by atoms with E-state index in [1.165, 1.54) is 4.90 Å². The zero-order valence-electron chi connectivity index (χ0n) is 35.1. The minimum atomic E-state index is -1.37. The molecule has 0 bridgehead atoms. The molecule has 8 atom stereocenters. The Labute approximate surface area is 357 Å². The normalized spacial score (nSPS) is 27.0. The standard InChI is InChI=1S/C49H56N2O10/c1-48(2,3)60-43(53)24-22-37(30-52)50-45(54)38-18-11-25-51(38)46(55)34-28-41(58-47(56)33-13-10-12-31(26-33)19-20-32-21-23-39-40(27-32)57-39)44-42(29-34)59-49(61-44,35-14-6-4-7-15-35)36-16-8-5-9-17-36/h4-10,12-17,19-20,26,29,32,37-42,44,52H,11,18,21-25,27-28,30H2,1-3H3,(H,50,54)/t32?,37-,38+,39?,40?,41+,42+,44-/m0/s1. The largest absolute Gasteiger partial charge is 0.460 e. The summed E-state index contributed by atoms with van der Waals surface area (Å²) in [5, 5.41) is 12.9. The Morgan fingerprint density at radius 1 is 0.934 bits per heavy atom. The zero-order valence-corrected chi connectivity index (χ0v) is 35.1. The number of benzene rings is 3. The van der Waals surface area contributed by atoms with Gasteiger partial charge in [-0.25, -0.2) is 4.79 Å². The van der Waals surface area contributed by atoms with E-state index in [-0.39, 0.29) is 31.8 Å². The number of nitrogens with zero attached hydrogens (tertiary/aromatic N) is 1. The van der Waals surface area contributed by atoms with E-state index in [1.807, 2.05) is 78.9 Å². The topological polar surface area (TPSA) is 153 Å². The van der Waals surface area contributed by atoms with Gasteiger partial charge in [-0.2, -0.15) is 0 Å². The molecule has 2 N–H and O–H groups in total. The number of hydrogen-bond acceptors (Lipinski definition) is 10. The number of esters is 2. The molecule has 3 heterocycles. The Morgan fingerprint density at radius 2 is 1.67 bits per heavy atom. The number of ether oxygens (including phenoxy) is 5. The molecule has 3 aliphatic heterocycles. The highest BCUT2D eigenvalue weighted by atomic mass is 16.8. The molecule has 3 saturated heterocycles. The molecule has 12 nitrogen and oxygen atoms in total. The van der Waals surface area contributed by atoms with Gasteiger partial charge in [-0.05, 0) is 89.0 Å². The number of carbonyl (C=O) groups is 4.